The average molecular weight is 512 g/mol. The smallest absolute Gasteiger partial charge is 0.260 e. The molecule has 32 heavy (non-hydrogen) atoms. The molecule has 1 aliphatic rings. The molecule has 0 radical (unpaired) electrons. The van der Waals surface area contributed by atoms with Crippen molar-refractivity contribution in [3.8, 4) is 17.1 Å². The molecule has 0 spiro atoms. The van der Waals surface area contributed by atoms with Crippen molar-refractivity contribution >= 4 is 52.5 Å². The van der Waals surface area contributed by atoms with Crippen LogP contribution in [0, 0.1) is 0 Å². The maximum Gasteiger partial charge on any atom is 0.260 e. The number of imide groups is 1. The van der Waals surface area contributed by atoms with Gasteiger partial charge < -0.3 is 14.3 Å². The summed E-state index contributed by atoms with van der Waals surface area (Å²) < 4.78 is 7.05. The molecule has 0 atom stereocenters. The first-order chi connectivity index (χ1) is 15.0. The Bertz CT molecular complexity index is 1270. The fourth-order valence-electron chi connectivity index (χ4n) is 3.81. The first-order valence-corrected chi connectivity index (χ1v) is 14.1. The van der Waals surface area contributed by atoms with E-state index in [1.54, 1.807) is 13.3 Å². The van der Waals surface area contributed by atoms with E-state index >= 15 is 0 Å². The van der Waals surface area contributed by atoms with Gasteiger partial charge in [0.15, 0.2) is 8.24 Å². The topological polar surface area (TPSA) is 75.3 Å². The number of halogens is 1. The largest absolute Gasteiger partial charge is 0.495 e. The molecule has 3 aromatic rings. The van der Waals surface area contributed by atoms with Crippen LogP contribution in [0.1, 0.15) is 26.3 Å². The predicted molar refractivity (Wildman–Crippen MR) is 133 cm³/mol. The second-order valence-corrected chi connectivity index (χ2v) is 15.3. The van der Waals surface area contributed by atoms with Crippen molar-refractivity contribution in [3.05, 3.63) is 52.6 Å². The van der Waals surface area contributed by atoms with Crippen LogP contribution in [0.15, 0.2) is 47.1 Å². The Kier molecular flexibility index (Phi) is 5.41. The number of hydrogen-bond donors (Lipinski definition) is 1. The molecule has 1 aliphatic heterocycles. The fourth-order valence-corrected chi connectivity index (χ4v) is 6.42. The molecule has 166 valence electrons. The summed E-state index contributed by atoms with van der Waals surface area (Å²) in [6.45, 7) is 10.4. The van der Waals surface area contributed by atoms with Gasteiger partial charge in [-0.25, -0.2) is 0 Å². The molecule has 0 bridgehead atoms. The summed E-state index contributed by atoms with van der Waals surface area (Å²) in [7, 11) is -0.862. The zero-order valence-corrected chi connectivity index (χ0v) is 21.6. The second-order valence-electron chi connectivity index (χ2n) is 9.45. The van der Waals surface area contributed by atoms with E-state index in [9.17, 15) is 9.59 Å². The van der Waals surface area contributed by atoms with Crippen molar-refractivity contribution in [3.63, 3.8) is 0 Å². The molecule has 0 aliphatic carbocycles. The van der Waals surface area contributed by atoms with E-state index in [2.05, 4.69) is 59.8 Å². The number of ether oxygens (including phenoxy) is 1. The Hall–Kier alpha value is -2.71. The van der Waals surface area contributed by atoms with Gasteiger partial charge in [-0.1, -0.05) is 52.1 Å². The molecule has 6 nitrogen and oxygen atoms in total. The van der Waals surface area contributed by atoms with E-state index in [0.29, 0.717) is 32.8 Å². The van der Waals surface area contributed by atoms with E-state index in [-0.39, 0.29) is 16.9 Å². The first-order valence-electron chi connectivity index (χ1n) is 10.4. The summed E-state index contributed by atoms with van der Waals surface area (Å²) in [5.74, 6) is 0.117. The number of H-pyrrole nitrogens is 1. The first kappa shape index (κ1) is 22.5. The molecular formula is C24H26BrN3O3Si. The van der Waals surface area contributed by atoms with Crippen molar-refractivity contribution in [1.29, 1.82) is 0 Å². The highest BCUT2D eigenvalue weighted by Gasteiger charge is 2.52. The van der Waals surface area contributed by atoms with E-state index in [4.69, 9.17) is 4.74 Å². The Balaban J connectivity index is 1.95. The summed E-state index contributed by atoms with van der Waals surface area (Å²) in [4.78, 5) is 35.2. The van der Waals surface area contributed by atoms with Gasteiger partial charge in [0.1, 0.15) is 5.75 Å². The van der Waals surface area contributed by atoms with Crippen LogP contribution in [0.3, 0.4) is 0 Å². The summed E-state index contributed by atoms with van der Waals surface area (Å²) in [6.07, 6.45) is 1.64. The lowest BCUT2D eigenvalue weighted by atomic mass is 10.0. The maximum atomic E-state index is 13.8. The van der Waals surface area contributed by atoms with Crippen LogP contribution >= 0.6 is 15.9 Å². The molecular weight excluding hydrogens is 486 g/mol. The van der Waals surface area contributed by atoms with Gasteiger partial charge in [-0.05, 0) is 39.2 Å². The number of rotatable bonds is 4. The number of benzene rings is 1. The molecule has 3 heterocycles. The number of fused-ring (bicyclic) bond motifs is 1. The van der Waals surface area contributed by atoms with Crippen LogP contribution in [0.25, 0.3) is 27.9 Å². The summed E-state index contributed by atoms with van der Waals surface area (Å²) in [5.41, 5.74) is 3.29. The minimum atomic E-state index is -2.45. The molecule has 1 N–H and O–H groups in total. The fraction of sp³-hybridized carbons (Fsp3) is 0.292. The van der Waals surface area contributed by atoms with Crippen LogP contribution in [0.4, 0.5) is 0 Å². The van der Waals surface area contributed by atoms with Crippen LogP contribution < -0.4 is 4.74 Å². The number of pyridine rings is 1. The Morgan fingerprint density at radius 2 is 1.75 bits per heavy atom. The van der Waals surface area contributed by atoms with E-state index in [0.717, 1.165) is 10.9 Å². The molecule has 0 fully saturated rings. The minimum absolute atomic E-state index is 0.179. The lowest BCUT2D eigenvalue weighted by Gasteiger charge is -2.42. The number of aromatic amines is 1. The van der Waals surface area contributed by atoms with Crippen LogP contribution in [-0.4, -0.2) is 41.7 Å². The number of aromatic nitrogens is 2. The molecule has 2 aromatic heterocycles. The highest BCUT2D eigenvalue weighted by atomic mass is 79.9. The quantitative estimate of drug-likeness (QED) is 0.359. The van der Waals surface area contributed by atoms with Crippen molar-refractivity contribution in [2.75, 3.05) is 7.11 Å². The van der Waals surface area contributed by atoms with Gasteiger partial charge in [0.2, 0.25) is 0 Å². The van der Waals surface area contributed by atoms with E-state index < -0.39 is 8.24 Å². The standard InChI is InChI=1S/C24H26BrN3O3Si/c1-24(2,3)32(5,6)28-22(29)19(20(25)23(28)30)18-15-9-7-8-10-16(15)27-21(18)17-12-11-14(31-4)13-26-17/h7-13,27H,1-6H3. The third-order valence-electron chi connectivity index (χ3n) is 6.61. The third kappa shape index (κ3) is 3.33. The van der Waals surface area contributed by atoms with Gasteiger partial charge in [0, 0.05) is 16.5 Å². The Morgan fingerprint density at radius 1 is 1.06 bits per heavy atom. The normalized spacial score (nSPS) is 15.3. The zero-order chi connectivity index (χ0) is 23.4. The monoisotopic (exact) mass is 511 g/mol. The minimum Gasteiger partial charge on any atom is -0.495 e. The lowest BCUT2D eigenvalue weighted by molar-refractivity contribution is -0.131. The number of nitrogens with zero attached hydrogens (tertiary/aromatic N) is 2. The van der Waals surface area contributed by atoms with Gasteiger partial charge >= 0.3 is 0 Å². The van der Waals surface area contributed by atoms with Crippen LogP contribution in [0.2, 0.25) is 18.1 Å². The van der Waals surface area contributed by atoms with Gasteiger partial charge in [-0.3, -0.25) is 14.6 Å². The molecule has 0 saturated heterocycles. The number of nitrogens with one attached hydrogen (secondary N) is 1. The van der Waals surface area contributed by atoms with Gasteiger partial charge in [-0.15, -0.1) is 0 Å². The third-order valence-corrected chi connectivity index (χ3v) is 12.5. The van der Waals surface area contributed by atoms with Gasteiger partial charge in [0.25, 0.3) is 11.8 Å². The van der Waals surface area contributed by atoms with Crippen molar-refractivity contribution in [2.45, 2.75) is 38.9 Å². The SMILES string of the molecule is COc1ccc(-c2[nH]c3ccccc3c2C2=C(Br)C(=O)N([Si](C)(C)C(C)(C)C)C2=O)nc1. The number of hydrogen-bond acceptors (Lipinski definition) is 4. The van der Waals surface area contributed by atoms with Gasteiger partial charge in [-0.2, -0.15) is 0 Å². The second kappa shape index (κ2) is 7.70. The molecule has 8 heteroatoms. The average Bonchev–Trinajstić information content (AvgIpc) is 3.22. The molecule has 4 rings (SSSR count). The van der Waals surface area contributed by atoms with Crippen molar-refractivity contribution in [1.82, 2.24) is 14.5 Å². The molecule has 0 saturated carbocycles. The number of amides is 2. The highest BCUT2D eigenvalue weighted by Crippen LogP contribution is 2.47. The van der Waals surface area contributed by atoms with Crippen molar-refractivity contribution in [2.24, 2.45) is 0 Å². The van der Waals surface area contributed by atoms with Crippen LogP contribution in [0.5, 0.6) is 5.75 Å². The maximum absolute atomic E-state index is 13.8. The predicted octanol–water partition coefficient (Wildman–Crippen LogP) is 5.72. The number of carbonyl (C=O) groups excluding carboxylic acids is 2. The van der Waals surface area contributed by atoms with Gasteiger partial charge in [0.05, 0.1) is 34.7 Å². The summed E-state index contributed by atoms with van der Waals surface area (Å²) >= 11 is 3.48. The van der Waals surface area contributed by atoms with E-state index in [1.165, 1.54) is 4.57 Å². The number of para-hydroxylation sites is 1. The number of methoxy groups -OCH3 is 1. The summed E-state index contributed by atoms with van der Waals surface area (Å²) in [6, 6.07) is 11.4. The molecule has 2 amide bonds. The highest BCUT2D eigenvalue weighted by molar-refractivity contribution is 9.12. The summed E-state index contributed by atoms with van der Waals surface area (Å²) in [5, 5.41) is 0.687. The zero-order valence-electron chi connectivity index (χ0n) is 19.0. The molecule has 0 unspecified atom stereocenters. The van der Waals surface area contributed by atoms with Crippen LogP contribution in [-0.2, 0) is 9.59 Å². The Labute approximate surface area is 196 Å². The molecule has 1 aromatic carbocycles. The lowest BCUT2D eigenvalue weighted by Crippen LogP contribution is -2.57. The number of carbonyl (C=O) groups is 2. The van der Waals surface area contributed by atoms with Crippen molar-refractivity contribution < 1.29 is 14.3 Å². The van der Waals surface area contributed by atoms with E-state index in [1.807, 2.05) is 36.4 Å². The Morgan fingerprint density at radius 3 is 2.34 bits per heavy atom.